The zero-order valence-corrected chi connectivity index (χ0v) is 9.92. The highest BCUT2D eigenvalue weighted by molar-refractivity contribution is 5.86. The van der Waals surface area contributed by atoms with Gasteiger partial charge < -0.3 is 20.3 Å². The van der Waals surface area contributed by atoms with Crippen molar-refractivity contribution in [1.82, 2.24) is 5.32 Å². The average Bonchev–Trinajstić information content (AvgIpc) is 2.28. The minimum atomic E-state index is -1.39. The normalized spacial score (nSPS) is 21.0. The van der Waals surface area contributed by atoms with E-state index in [0.717, 1.165) is 19.3 Å². The van der Waals surface area contributed by atoms with Crippen LogP contribution in [0, 0.1) is 0 Å². The largest absolute Gasteiger partial charge is 0.481 e. The Hall–Kier alpha value is -1.63. The number of hydrogen-bond donors (Lipinski definition) is 3. The van der Waals surface area contributed by atoms with Crippen LogP contribution in [-0.2, 0) is 19.1 Å². The highest BCUT2D eigenvalue weighted by Crippen LogP contribution is 2.15. The van der Waals surface area contributed by atoms with Gasteiger partial charge in [-0.15, -0.1) is 0 Å². The summed E-state index contributed by atoms with van der Waals surface area (Å²) in [5.74, 6) is -3.11. The third-order valence-corrected chi connectivity index (χ3v) is 2.70. The molecule has 7 nitrogen and oxygen atoms in total. The Balaban J connectivity index is 2.40. The quantitative estimate of drug-likeness (QED) is 0.618. The van der Waals surface area contributed by atoms with E-state index in [1.165, 1.54) is 0 Å². The lowest BCUT2D eigenvalue weighted by Crippen LogP contribution is -2.43. The molecule has 0 aromatic carbocycles. The number of rotatable bonds is 6. The molecule has 2 atom stereocenters. The Kier molecular flexibility index (Phi) is 5.57. The van der Waals surface area contributed by atoms with Crippen LogP contribution in [0.3, 0.4) is 0 Å². The van der Waals surface area contributed by atoms with Gasteiger partial charge in [-0.05, 0) is 19.3 Å². The second-order valence-corrected chi connectivity index (χ2v) is 4.25. The number of carbonyl (C=O) groups is 3. The van der Waals surface area contributed by atoms with Crippen LogP contribution in [0.2, 0.25) is 0 Å². The van der Waals surface area contributed by atoms with E-state index in [-0.39, 0.29) is 12.5 Å². The van der Waals surface area contributed by atoms with Gasteiger partial charge in [-0.1, -0.05) is 0 Å². The van der Waals surface area contributed by atoms with Crippen molar-refractivity contribution in [2.45, 2.75) is 44.2 Å². The number of aliphatic carboxylic acids is 2. The van der Waals surface area contributed by atoms with Gasteiger partial charge in [0.2, 0.25) is 5.91 Å². The Morgan fingerprint density at radius 2 is 2.00 bits per heavy atom. The van der Waals surface area contributed by atoms with E-state index in [1.54, 1.807) is 0 Å². The molecule has 0 saturated carbocycles. The fraction of sp³-hybridized carbons (Fsp3) is 0.727. The van der Waals surface area contributed by atoms with Crippen LogP contribution in [0.25, 0.3) is 0 Å². The molecule has 0 spiro atoms. The van der Waals surface area contributed by atoms with Gasteiger partial charge >= 0.3 is 11.9 Å². The maximum Gasteiger partial charge on any atom is 0.326 e. The van der Waals surface area contributed by atoms with E-state index in [1.807, 2.05) is 0 Å². The number of ether oxygens (including phenoxy) is 1. The Morgan fingerprint density at radius 3 is 2.50 bits per heavy atom. The van der Waals surface area contributed by atoms with Crippen molar-refractivity contribution in [3.8, 4) is 0 Å². The molecular weight excluding hydrogens is 242 g/mol. The molecule has 1 amide bonds. The highest BCUT2D eigenvalue weighted by atomic mass is 16.5. The summed E-state index contributed by atoms with van der Waals surface area (Å²) in [6, 6.07) is -1.39. The lowest BCUT2D eigenvalue weighted by atomic mass is 10.1. The van der Waals surface area contributed by atoms with Gasteiger partial charge in [-0.25, -0.2) is 4.79 Å². The van der Waals surface area contributed by atoms with Crippen LogP contribution in [0.5, 0.6) is 0 Å². The molecule has 3 N–H and O–H groups in total. The van der Waals surface area contributed by atoms with E-state index in [4.69, 9.17) is 14.9 Å². The van der Waals surface area contributed by atoms with Crippen molar-refractivity contribution in [2.24, 2.45) is 0 Å². The zero-order valence-electron chi connectivity index (χ0n) is 9.92. The van der Waals surface area contributed by atoms with E-state index < -0.39 is 30.3 Å². The SMILES string of the molecule is O=C(O)C[C@@H](NC(=O)CC1CCCCO1)C(=O)O. The van der Waals surface area contributed by atoms with Gasteiger partial charge in [-0.3, -0.25) is 9.59 Å². The van der Waals surface area contributed by atoms with Crippen molar-refractivity contribution in [3.63, 3.8) is 0 Å². The molecule has 1 aliphatic rings. The van der Waals surface area contributed by atoms with Crippen molar-refractivity contribution in [2.75, 3.05) is 6.61 Å². The highest BCUT2D eigenvalue weighted by Gasteiger charge is 2.25. The molecule has 0 aromatic rings. The molecule has 1 saturated heterocycles. The van der Waals surface area contributed by atoms with E-state index in [0.29, 0.717) is 6.61 Å². The average molecular weight is 259 g/mol. The van der Waals surface area contributed by atoms with Crippen molar-refractivity contribution in [1.29, 1.82) is 0 Å². The Bertz CT molecular complexity index is 323. The number of carbonyl (C=O) groups excluding carboxylic acids is 1. The van der Waals surface area contributed by atoms with Gasteiger partial charge in [-0.2, -0.15) is 0 Å². The van der Waals surface area contributed by atoms with Crippen molar-refractivity contribution in [3.05, 3.63) is 0 Å². The number of carboxylic acids is 2. The second-order valence-electron chi connectivity index (χ2n) is 4.25. The van der Waals surface area contributed by atoms with Gasteiger partial charge in [0.15, 0.2) is 0 Å². The lowest BCUT2D eigenvalue weighted by molar-refractivity contribution is -0.147. The first kappa shape index (κ1) is 14.4. The van der Waals surface area contributed by atoms with Crippen molar-refractivity contribution >= 4 is 17.8 Å². The molecule has 0 aliphatic carbocycles. The Morgan fingerprint density at radius 1 is 1.28 bits per heavy atom. The van der Waals surface area contributed by atoms with Crippen LogP contribution in [0.1, 0.15) is 32.1 Å². The first-order valence-corrected chi connectivity index (χ1v) is 5.84. The predicted octanol–water partition coefficient (Wildman–Crippen LogP) is -0.0103. The molecule has 1 unspecified atom stereocenters. The summed E-state index contributed by atoms with van der Waals surface area (Å²) in [5.41, 5.74) is 0. The lowest BCUT2D eigenvalue weighted by Gasteiger charge is -2.22. The Labute approximate surface area is 104 Å². The first-order chi connectivity index (χ1) is 8.49. The molecular formula is C11H17NO6. The molecule has 1 heterocycles. The molecule has 0 radical (unpaired) electrons. The molecule has 18 heavy (non-hydrogen) atoms. The summed E-state index contributed by atoms with van der Waals surface area (Å²) in [6.45, 7) is 0.607. The maximum atomic E-state index is 11.6. The third kappa shape index (κ3) is 5.13. The van der Waals surface area contributed by atoms with Gasteiger partial charge in [0, 0.05) is 6.61 Å². The summed E-state index contributed by atoms with van der Waals surface area (Å²) >= 11 is 0. The van der Waals surface area contributed by atoms with Crippen molar-refractivity contribution < 1.29 is 29.3 Å². The number of carboxylic acid groups (broad SMARTS) is 2. The van der Waals surface area contributed by atoms with Gasteiger partial charge in [0.1, 0.15) is 6.04 Å². The predicted molar refractivity (Wildman–Crippen MR) is 60.0 cm³/mol. The van der Waals surface area contributed by atoms with Gasteiger partial charge in [0.25, 0.3) is 0 Å². The number of hydrogen-bond acceptors (Lipinski definition) is 4. The first-order valence-electron chi connectivity index (χ1n) is 5.84. The van der Waals surface area contributed by atoms with Crippen LogP contribution in [0.4, 0.5) is 0 Å². The molecule has 0 bridgehead atoms. The second kappa shape index (κ2) is 6.95. The molecule has 1 rings (SSSR count). The zero-order chi connectivity index (χ0) is 13.5. The van der Waals surface area contributed by atoms with E-state index in [9.17, 15) is 14.4 Å². The van der Waals surface area contributed by atoms with Crippen LogP contribution < -0.4 is 5.32 Å². The smallest absolute Gasteiger partial charge is 0.326 e. The van der Waals surface area contributed by atoms with Crippen LogP contribution >= 0.6 is 0 Å². The summed E-state index contributed by atoms with van der Waals surface area (Å²) < 4.78 is 5.35. The minimum Gasteiger partial charge on any atom is -0.481 e. The summed E-state index contributed by atoms with van der Waals surface area (Å²) in [4.78, 5) is 32.8. The number of nitrogens with one attached hydrogen (secondary N) is 1. The van der Waals surface area contributed by atoms with E-state index >= 15 is 0 Å². The number of amides is 1. The fourth-order valence-electron chi connectivity index (χ4n) is 1.80. The molecule has 1 aliphatic heterocycles. The summed E-state index contributed by atoms with van der Waals surface area (Å²) in [5, 5.41) is 19.5. The monoisotopic (exact) mass is 259 g/mol. The molecule has 0 aromatic heterocycles. The van der Waals surface area contributed by atoms with Crippen LogP contribution in [-0.4, -0.2) is 46.8 Å². The van der Waals surface area contributed by atoms with E-state index in [2.05, 4.69) is 5.32 Å². The third-order valence-electron chi connectivity index (χ3n) is 2.70. The van der Waals surface area contributed by atoms with Gasteiger partial charge in [0.05, 0.1) is 18.9 Å². The maximum absolute atomic E-state index is 11.6. The minimum absolute atomic E-state index is 0.0728. The summed E-state index contributed by atoms with van der Waals surface area (Å²) in [6.07, 6.45) is 1.96. The summed E-state index contributed by atoms with van der Waals surface area (Å²) in [7, 11) is 0. The standard InChI is InChI=1S/C11H17NO6/c13-9(5-7-3-1-2-4-18-7)12-8(11(16)17)6-10(14)15/h7-8H,1-6H2,(H,12,13)(H,14,15)(H,16,17)/t7?,8-/m1/s1. The van der Waals surface area contributed by atoms with Crippen LogP contribution in [0.15, 0.2) is 0 Å². The molecule has 102 valence electrons. The fourth-order valence-corrected chi connectivity index (χ4v) is 1.80. The topological polar surface area (TPSA) is 113 Å². The molecule has 7 heteroatoms. The molecule has 1 fully saturated rings.